The second kappa shape index (κ2) is 6.50. The van der Waals surface area contributed by atoms with Crippen LogP contribution in [0.3, 0.4) is 0 Å². The molecule has 0 amide bonds. The van der Waals surface area contributed by atoms with Crippen LogP contribution in [0.5, 0.6) is 0 Å². The first-order chi connectivity index (χ1) is 8.74. The smallest absolute Gasteiger partial charge is 0.185 e. The van der Waals surface area contributed by atoms with Crippen LogP contribution in [0.25, 0.3) is 0 Å². The lowest BCUT2D eigenvalue weighted by Gasteiger charge is -2.36. The lowest BCUT2D eigenvalue weighted by Crippen LogP contribution is -2.43. The summed E-state index contributed by atoms with van der Waals surface area (Å²) in [7, 11) is 4.16. The van der Waals surface area contributed by atoms with Gasteiger partial charge in [0.25, 0.3) is 0 Å². The highest BCUT2D eigenvalue weighted by molar-refractivity contribution is 7.15. The number of aromatic nitrogens is 1. The van der Waals surface area contributed by atoms with Crippen molar-refractivity contribution in [2.75, 3.05) is 38.6 Å². The molecule has 0 aromatic carbocycles. The van der Waals surface area contributed by atoms with Crippen LogP contribution in [0.1, 0.15) is 24.6 Å². The topological polar surface area (TPSA) is 31.4 Å². The minimum Gasteiger partial charge on any atom is -0.348 e. The van der Waals surface area contributed by atoms with Gasteiger partial charge in [-0.25, -0.2) is 4.98 Å². The zero-order valence-electron chi connectivity index (χ0n) is 11.6. The quantitative estimate of drug-likeness (QED) is 0.882. The number of hydrogen-bond acceptors (Lipinski definition) is 5. The van der Waals surface area contributed by atoms with E-state index in [-0.39, 0.29) is 0 Å². The summed E-state index contributed by atoms with van der Waals surface area (Å²) >= 11 is 1.80. The molecule has 4 nitrogen and oxygen atoms in total. The van der Waals surface area contributed by atoms with Gasteiger partial charge >= 0.3 is 0 Å². The van der Waals surface area contributed by atoms with Gasteiger partial charge in [-0.2, -0.15) is 0 Å². The van der Waals surface area contributed by atoms with E-state index in [1.807, 2.05) is 13.2 Å². The molecule has 0 bridgehead atoms. The number of piperidine rings is 1. The number of nitrogens with zero attached hydrogens (tertiary/aromatic N) is 3. The molecule has 0 spiro atoms. The Bertz CT molecular complexity index is 358. The maximum absolute atomic E-state index is 4.54. The molecule has 0 atom stereocenters. The fourth-order valence-corrected chi connectivity index (χ4v) is 3.45. The van der Waals surface area contributed by atoms with E-state index >= 15 is 0 Å². The molecule has 1 N–H and O–H groups in total. The van der Waals surface area contributed by atoms with Gasteiger partial charge in [0.1, 0.15) is 0 Å². The van der Waals surface area contributed by atoms with Crippen molar-refractivity contribution in [2.24, 2.45) is 0 Å². The Morgan fingerprint density at radius 2 is 2.22 bits per heavy atom. The van der Waals surface area contributed by atoms with Crippen LogP contribution in [0.4, 0.5) is 5.13 Å². The molecule has 1 saturated heterocycles. The lowest BCUT2D eigenvalue weighted by molar-refractivity contribution is 0.221. The molecule has 1 aliphatic heterocycles. The van der Waals surface area contributed by atoms with Crippen LogP contribution in [0, 0.1) is 0 Å². The second-order valence-electron chi connectivity index (χ2n) is 4.92. The third-order valence-corrected chi connectivity index (χ3v) is 4.83. The Hall–Kier alpha value is -0.650. The molecule has 2 heterocycles. The highest BCUT2D eigenvalue weighted by Gasteiger charge is 2.23. The summed E-state index contributed by atoms with van der Waals surface area (Å²) in [6.45, 7) is 6.79. The fraction of sp³-hybridized carbons (Fsp3) is 0.769. The van der Waals surface area contributed by atoms with E-state index in [1.165, 1.54) is 37.4 Å². The van der Waals surface area contributed by atoms with Crippen LogP contribution in [-0.4, -0.2) is 49.7 Å². The van der Waals surface area contributed by atoms with Gasteiger partial charge in [-0.3, -0.25) is 0 Å². The summed E-state index contributed by atoms with van der Waals surface area (Å²) < 4.78 is 0. The van der Waals surface area contributed by atoms with Crippen molar-refractivity contribution in [2.45, 2.75) is 32.4 Å². The van der Waals surface area contributed by atoms with E-state index in [1.54, 1.807) is 11.3 Å². The average molecular weight is 268 g/mol. The molecule has 0 radical (unpaired) electrons. The van der Waals surface area contributed by atoms with E-state index in [0.717, 1.165) is 11.7 Å². The first-order valence-corrected chi connectivity index (χ1v) is 7.60. The number of hydrogen-bond donors (Lipinski definition) is 1. The molecule has 18 heavy (non-hydrogen) atoms. The average Bonchev–Trinajstić information content (AvgIpc) is 2.87. The van der Waals surface area contributed by atoms with E-state index in [4.69, 9.17) is 0 Å². The SMILES string of the molecule is CCN1CCC(N(C)c2ncc(CNC)s2)CC1. The molecule has 1 fully saturated rings. The van der Waals surface area contributed by atoms with Gasteiger partial charge in [0, 0.05) is 43.8 Å². The zero-order valence-corrected chi connectivity index (χ0v) is 12.5. The van der Waals surface area contributed by atoms with E-state index < -0.39 is 0 Å². The number of anilines is 1. The van der Waals surface area contributed by atoms with E-state index in [9.17, 15) is 0 Å². The van der Waals surface area contributed by atoms with Crippen molar-refractivity contribution in [1.82, 2.24) is 15.2 Å². The van der Waals surface area contributed by atoms with Crippen LogP contribution < -0.4 is 10.2 Å². The Balaban J connectivity index is 1.92. The molecule has 0 unspecified atom stereocenters. The minimum atomic E-state index is 0.654. The van der Waals surface area contributed by atoms with Crippen molar-refractivity contribution < 1.29 is 0 Å². The zero-order chi connectivity index (χ0) is 13.0. The van der Waals surface area contributed by atoms with E-state index in [0.29, 0.717) is 6.04 Å². The molecule has 0 saturated carbocycles. The second-order valence-corrected chi connectivity index (χ2v) is 6.01. The van der Waals surface area contributed by atoms with Crippen molar-refractivity contribution in [1.29, 1.82) is 0 Å². The van der Waals surface area contributed by atoms with Crippen LogP contribution in [-0.2, 0) is 6.54 Å². The molecule has 0 aliphatic carbocycles. The van der Waals surface area contributed by atoms with Crippen molar-refractivity contribution in [3.8, 4) is 0 Å². The fourth-order valence-electron chi connectivity index (χ4n) is 2.50. The predicted molar refractivity (Wildman–Crippen MR) is 78.4 cm³/mol. The van der Waals surface area contributed by atoms with Gasteiger partial charge in [-0.15, -0.1) is 11.3 Å². The van der Waals surface area contributed by atoms with Crippen LogP contribution in [0.15, 0.2) is 6.20 Å². The van der Waals surface area contributed by atoms with E-state index in [2.05, 4.69) is 34.1 Å². The maximum atomic E-state index is 4.54. The molecular formula is C13H24N4S. The predicted octanol–water partition coefficient (Wildman–Crippen LogP) is 1.78. The summed E-state index contributed by atoms with van der Waals surface area (Å²) in [5, 5.41) is 4.34. The number of nitrogens with one attached hydrogen (secondary N) is 1. The summed E-state index contributed by atoms with van der Waals surface area (Å²) in [6.07, 6.45) is 4.50. The van der Waals surface area contributed by atoms with Crippen molar-refractivity contribution in [3.63, 3.8) is 0 Å². The standard InChI is InChI=1S/C13H24N4S/c1-4-17-7-5-11(6-8-17)16(3)13-15-10-12(18-13)9-14-2/h10-11,14H,4-9H2,1-3H3. The van der Waals surface area contributed by atoms with Gasteiger partial charge in [0.2, 0.25) is 0 Å². The van der Waals surface area contributed by atoms with Gasteiger partial charge < -0.3 is 15.1 Å². The summed E-state index contributed by atoms with van der Waals surface area (Å²) in [5.41, 5.74) is 0. The minimum absolute atomic E-state index is 0.654. The summed E-state index contributed by atoms with van der Waals surface area (Å²) in [4.78, 5) is 10.7. The lowest BCUT2D eigenvalue weighted by atomic mass is 10.0. The summed E-state index contributed by atoms with van der Waals surface area (Å²) in [6, 6.07) is 0.654. The molecule has 1 aliphatic rings. The Morgan fingerprint density at radius 3 is 2.83 bits per heavy atom. The molecule has 2 rings (SSSR count). The monoisotopic (exact) mass is 268 g/mol. The van der Waals surface area contributed by atoms with Gasteiger partial charge in [-0.05, 0) is 26.4 Å². The third-order valence-electron chi connectivity index (χ3n) is 3.75. The highest BCUT2D eigenvalue weighted by atomic mass is 32.1. The molecule has 5 heteroatoms. The normalized spacial score (nSPS) is 18.2. The first-order valence-electron chi connectivity index (χ1n) is 6.79. The van der Waals surface area contributed by atoms with Crippen molar-refractivity contribution in [3.05, 3.63) is 11.1 Å². The number of rotatable bonds is 5. The largest absolute Gasteiger partial charge is 0.348 e. The number of thiazole rings is 1. The summed E-state index contributed by atoms with van der Waals surface area (Å²) in [5.74, 6) is 0. The third kappa shape index (κ3) is 3.22. The number of likely N-dealkylation sites (tertiary alicyclic amines) is 1. The first kappa shape index (κ1) is 13.8. The Labute approximate surface area is 114 Å². The molecule has 102 valence electrons. The molecule has 1 aromatic rings. The molecular weight excluding hydrogens is 244 g/mol. The van der Waals surface area contributed by atoms with Gasteiger partial charge in [0.05, 0.1) is 0 Å². The van der Waals surface area contributed by atoms with Crippen LogP contribution >= 0.6 is 11.3 Å². The maximum Gasteiger partial charge on any atom is 0.185 e. The Morgan fingerprint density at radius 1 is 1.50 bits per heavy atom. The highest BCUT2D eigenvalue weighted by Crippen LogP contribution is 2.26. The molecule has 1 aromatic heterocycles. The van der Waals surface area contributed by atoms with Crippen molar-refractivity contribution >= 4 is 16.5 Å². The van der Waals surface area contributed by atoms with Crippen LogP contribution in [0.2, 0.25) is 0 Å². The Kier molecular flexibility index (Phi) is 4.97. The van der Waals surface area contributed by atoms with Gasteiger partial charge in [-0.1, -0.05) is 6.92 Å². The van der Waals surface area contributed by atoms with Gasteiger partial charge in [0.15, 0.2) is 5.13 Å².